The van der Waals surface area contributed by atoms with Gasteiger partial charge in [-0.15, -0.1) is 0 Å². The molecule has 2 aromatic carbocycles. The fourth-order valence-electron chi connectivity index (χ4n) is 1.41. The summed E-state index contributed by atoms with van der Waals surface area (Å²) in [5.41, 5.74) is 1.60. The third-order valence-corrected chi connectivity index (χ3v) is 3.02. The van der Waals surface area contributed by atoms with Crippen LogP contribution in [-0.2, 0) is 0 Å². The van der Waals surface area contributed by atoms with Gasteiger partial charge in [0.25, 0.3) is 0 Å². The van der Waals surface area contributed by atoms with Crippen LogP contribution in [-0.4, -0.2) is 5.11 Å². The first-order chi connectivity index (χ1) is 7.58. The Balaban J connectivity index is 2.60. The van der Waals surface area contributed by atoms with Gasteiger partial charge in [0.05, 0.1) is 10.0 Å². The van der Waals surface area contributed by atoms with Crippen molar-refractivity contribution in [2.75, 3.05) is 0 Å². The molecule has 0 spiro atoms. The zero-order valence-electron chi connectivity index (χ0n) is 8.05. The summed E-state index contributed by atoms with van der Waals surface area (Å²) in [5.74, 6) is -0.0301. The molecular weight excluding hydrogens is 266 g/mol. The lowest BCUT2D eigenvalue weighted by molar-refractivity contribution is 0.475. The van der Waals surface area contributed by atoms with Gasteiger partial charge in [0.1, 0.15) is 5.75 Å². The van der Waals surface area contributed by atoms with Crippen LogP contribution in [0.15, 0.2) is 36.4 Å². The van der Waals surface area contributed by atoms with Crippen molar-refractivity contribution in [1.82, 2.24) is 0 Å². The van der Waals surface area contributed by atoms with Gasteiger partial charge in [0.2, 0.25) is 0 Å². The largest absolute Gasteiger partial charge is 0.506 e. The van der Waals surface area contributed by atoms with E-state index in [0.29, 0.717) is 10.0 Å². The lowest BCUT2D eigenvalue weighted by Crippen LogP contribution is -1.81. The summed E-state index contributed by atoms with van der Waals surface area (Å²) in [6, 6.07) is 10.3. The average Bonchev–Trinajstić information content (AvgIpc) is 2.23. The predicted octanol–water partition coefficient (Wildman–Crippen LogP) is 5.02. The molecule has 82 valence electrons. The summed E-state index contributed by atoms with van der Waals surface area (Å²) >= 11 is 17.8. The first kappa shape index (κ1) is 11.6. The van der Waals surface area contributed by atoms with Crippen LogP contribution in [0.3, 0.4) is 0 Å². The third-order valence-electron chi connectivity index (χ3n) is 2.17. The summed E-state index contributed by atoms with van der Waals surface area (Å²) in [6.07, 6.45) is 0. The van der Waals surface area contributed by atoms with Crippen molar-refractivity contribution >= 4 is 34.8 Å². The molecule has 0 saturated carbocycles. The maximum atomic E-state index is 9.38. The van der Waals surface area contributed by atoms with E-state index in [2.05, 4.69) is 0 Å². The standard InChI is InChI=1S/C12H7Cl3O/c13-8-3-1-2-7(4-8)9-5-11(15)12(16)6-10(9)14/h1-6,16H. The Morgan fingerprint density at radius 1 is 0.875 bits per heavy atom. The molecule has 0 unspecified atom stereocenters. The molecule has 0 bridgehead atoms. The van der Waals surface area contributed by atoms with Crippen molar-refractivity contribution in [3.63, 3.8) is 0 Å². The van der Waals surface area contributed by atoms with Crippen LogP contribution in [0, 0.1) is 0 Å². The molecule has 2 aromatic rings. The van der Waals surface area contributed by atoms with E-state index in [0.717, 1.165) is 11.1 Å². The fraction of sp³-hybridized carbons (Fsp3) is 0. The van der Waals surface area contributed by atoms with E-state index in [9.17, 15) is 5.11 Å². The van der Waals surface area contributed by atoms with E-state index in [1.165, 1.54) is 6.07 Å². The van der Waals surface area contributed by atoms with Crippen molar-refractivity contribution < 1.29 is 5.11 Å². The van der Waals surface area contributed by atoms with Gasteiger partial charge in [-0.2, -0.15) is 0 Å². The minimum absolute atomic E-state index is 0.0301. The van der Waals surface area contributed by atoms with Gasteiger partial charge in [-0.3, -0.25) is 0 Å². The van der Waals surface area contributed by atoms with Crippen LogP contribution in [0.2, 0.25) is 15.1 Å². The zero-order chi connectivity index (χ0) is 11.7. The van der Waals surface area contributed by atoms with Crippen molar-refractivity contribution in [2.45, 2.75) is 0 Å². The number of hydrogen-bond donors (Lipinski definition) is 1. The summed E-state index contributed by atoms with van der Waals surface area (Å²) in [5, 5.41) is 10.7. The highest BCUT2D eigenvalue weighted by Gasteiger charge is 2.08. The van der Waals surface area contributed by atoms with Gasteiger partial charge in [-0.05, 0) is 23.8 Å². The van der Waals surface area contributed by atoms with Crippen LogP contribution < -0.4 is 0 Å². The Bertz CT molecular complexity index is 538. The number of aromatic hydroxyl groups is 1. The van der Waals surface area contributed by atoms with Crippen molar-refractivity contribution in [3.05, 3.63) is 51.5 Å². The number of rotatable bonds is 1. The molecule has 0 amide bonds. The number of hydrogen-bond acceptors (Lipinski definition) is 1. The Morgan fingerprint density at radius 3 is 2.31 bits per heavy atom. The summed E-state index contributed by atoms with van der Waals surface area (Å²) in [4.78, 5) is 0. The number of benzene rings is 2. The maximum Gasteiger partial charge on any atom is 0.135 e. The van der Waals surface area contributed by atoms with Gasteiger partial charge in [-0.25, -0.2) is 0 Å². The molecule has 2 rings (SSSR count). The number of phenols is 1. The highest BCUT2D eigenvalue weighted by atomic mass is 35.5. The second-order valence-electron chi connectivity index (χ2n) is 3.29. The second-order valence-corrected chi connectivity index (χ2v) is 4.54. The van der Waals surface area contributed by atoms with Crippen molar-refractivity contribution in [2.24, 2.45) is 0 Å². The van der Waals surface area contributed by atoms with Gasteiger partial charge in [-0.1, -0.05) is 46.9 Å². The van der Waals surface area contributed by atoms with E-state index >= 15 is 0 Å². The lowest BCUT2D eigenvalue weighted by atomic mass is 10.1. The van der Waals surface area contributed by atoms with E-state index in [-0.39, 0.29) is 10.8 Å². The van der Waals surface area contributed by atoms with Gasteiger partial charge < -0.3 is 5.11 Å². The lowest BCUT2D eigenvalue weighted by Gasteiger charge is -2.07. The summed E-state index contributed by atoms with van der Waals surface area (Å²) in [7, 11) is 0. The third kappa shape index (κ3) is 2.27. The predicted molar refractivity (Wildman–Crippen MR) is 68.6 cm³/mol. The topological polar surface area (TPSA) is 20.2 Å². The van der Waals surface area contributed by atoms with Gasteiger partial charge in [0.15, 0.2) is 0 Å². The minimum Gasteiger partial charge on any atom is -0.506 e. The molecule has 0 aliphatic heterocycles. The van der Waals surface area contributed by atoms with Gasteiger partial charge >= 0.3 is 0 Å². The molecule has 4 heteroatoms. The smallest absolute Gasteiger partial charge is 0.135 e. The fourth-order valence-corrected chi connectivity index (χ4v) is 2.03. The molecule has 0 heterocycles. The molecule has 0 radical (unpaired) electrons. The van der Waals surface area contributed by atoms with Crippen molar-refractivity contribution in [3.8, 4) is 16.9 Å². The average molecular weight is 274 g/mol. The summed E-state index contributed by atoms with van der Waals surface area (Å²) < 4.78 is 0. The number of phenolic OH excluding ortho intramolecular Hbond substituents is 1. The molecule has 16 heavy (non-hydrogen) atoms. The molecular formula is C12H7Cl3O. The Morgan fingerprint density at radius 2 is 1.62 bits per heavy atom. The first-order valence-corrected chi connectivity index (χ1v) is 5.65. The second kappa shape index (κ2) is 4.54. The SMILES string of the molecule is Oc1cc(Cl)c(-c2cccc(Cl)c2)cc1Cl. The minimum atomic E-state index is -0.0301. The Hall–Kier alpha value is -0.890. The zero-order valence-corrected chi connectivity index (χ0v) is 10.3. The van der Waals surface area contributed by atoms with Crippen molar-refractivity contribution in [1.29, 1.82) is 0 Å². The maximum absolute atomic E-state index is 9.38. The highest BCUT2D eigenvalue weighted by Crippen LogP contribution is 2.36. The van der Waals surface area contributed by atoms with E-state index in [4.69, 9.17) is 34.8 Å². The van der Waals surface area contributed by atoms with Crippen LogP contribution in [0.1, 0.15) is 0 Å². The molecule has 0 aliphatic carbocycles. The van der Waals surface area contributed by atoms with E-state index in [1.807, 2.05) is 12.1 Å². The first-order valence-electron chi connectivity index (χ1n) is 4.52. The molecule has 1 N–H and O–H groups in total. The normalized spacial score (nSPS) is 10.4. The van der Waals surface area contributed by atoms with Crippen LogP contribution in [0.4, 0.5) is 0 Å². The molecule has 0 fully saturated rings. The van der Waals surface area contributed by atoms with Crippen LogP contribution >= 0.6 is 34.8 Å². The molecule has 0 aliphatic rings. The quantitative estimate of drug-likeness (QED) is 0.773. The molecule has 0 atom stereocenters. The van der Waals surface area contributed by atoms with E-state index in [1.54, 1.807) is 18.2 Å². The van der Waals surface area contributed by atoms with Crippen LogP contribution in [0.5, 0.6) is 5.75 Å². The monoisotopic (exact) mass is 272 g/mol. The highest BCUT2D eigenvalue weighted by molar-refractivity contribution is 6.36. The molecule has 1 nitrogen and oxygen atoms in total. The van der Waals surface area contributed by atoms with Crippen LogP contribution in [0.25, 0.3) is 11.1 Å². The Kier molecular flexibility index (Phi) is 3.29. The van der Waals surface area contributed by atoms with E-state index < -0.39 is 0 Å². The van der Waals surface area contributed by atoms with Gasteiger partial charge in [0, 0.05) is 16.7 Å². The molecule has 0 saturated heterocycles. The Labute approximate surface area is 108 Å². The molecule has 0 aromatic heterocycles. The number of halogens is 3. The summed E-state index contributed by atoms with van der Waals surface area (Å²) in [6.45, 7) is 0.